The fourth-order valence-corrected chi connectivity index (χ4v) is 9.00. The van der Waals surface area contributed by atoms with Crippen molar-refractivity contribution >= 4 is 82.1 Å². The molecule has 0 atom stereocenters. The van der Waals surface area contributed by atoms with Crippen LogP contribution in [-0.4, -0.2) is 4.98 Å². The molecule has 0 N–H and O–H groups in total. The molecule has 10 aromatic carbocycles. The number of rotatable bonds is 6. The molecule has 3 nitrogen and oxygen atoms in total. The van der Waals surface area contributed by atoms with Crippen LogP contribution in [0.4, 0.5) is 17.1 Å². The van der Waals surface area contributed by atoms with Crippen LogP contribution in [0.25, 0.3) is 98.5 Å². The molecule has 0 aliphatic rings. The second kappa shape index (κ2) is 13.8. The highest BCUT2D eigenvalue weighted by Gasteiger charge is 2.16. The molecule has 12 aromatic rings. The zero-order valence-electron chi connectivity index (χ0n) is 32.6. The normalized spacial score (nSPS) is 11.7. The first-order chi connectivity index (χ1) is 29.7. The minimum atomic E-state index is 0.839. The Hall–Kier alpha value is -8.01. The molecule has 0 aliphatic carbocycles. The topological polar surface area (TPSA) is 29.3 Å². The van der Waals surface area contributed by atoms with Crippen molar-refractivity contribution in [3.8, 4) is 33.5 Å². The van der Waals surface area contributed by atoms with Gasteiger partial charge in [-0.25, -0.2) is 0 Å². The number of furan rings is 1. The summed E-state index contributed by atoms with van der Waals surface area (Å²) in [5.41, 5.74) is 11.6. The summed E-state index contributed by atoms with van der Waals surface area (Å²) in [6.45, 7) is 0. The maximum absolute atomic E-state index is 6.20. The van der Waals surface area contributed by atoms with Crippen LogP contribution in [0.3, 0.4) is 0 Å². The Bertz CT molecular complexity index is 3420. The van der Waals surface area contributed by atoms with Gasteiger partial charge < -0.3 is 9.32 Å². The maximum atomic E-state index is 6.20. The monoisotopic (exact) mass is 764 g/mol. The minimum absolute atomic E-state index is 0.839. The van der Waals surface area contributed by atoms with E-state index in [0.717, 1.165) is 50.3 Å². The van der Waals surface area contributed by atoms with E-state index in [4.69, 9.17) is 9.40 Å². The predicted octanol–water partition coefficient (Wildman–Crippen LogP) is 16.1. The van der Waals surface area contributed by atoms with E-state index >= 15 is 0 Å². The molecule has 0 amide bonds. The summed E-state index contributed by atoms with van der Waals surface area (Å²) in [4.78, 5) is 7.19. The lowest BCUT2D eigenvalue weighted by Crippen LogP contribution is -2.09. The highest BCUT2D eigenvalue weighted by atomic mass is 16.3. The number of pyridine rings is 1. The average Bonchev–Trinajstić information content (AvgIpc) is 3.70. The number of nitrogens with zero attached hydrogens (tertiary/aromatic N) is 2. The van der Waals surface area contributed by atoms with Crippen molar-refractivity contribution in [1.82, 2.24) is 4.98 Å². The molecular weight excluding hydrogens is 729 g/mol. The van der Waals surface area contributed by atoms with Crippen LogP contribution in [0.2, 0.25) is 0 Å². The third-order valence-corrected chi connectivity index (χ3v) is 12.1. The fraction of sp³-hybridized carbons (Fsp3) is 0. The first kappa shape index (κ1) is 34.1. The van der Waals surface area contributed by atoms with Crippen LogP contribution in [0.1, 0.15) is 0 Å². The lowest BCUT2D eigenvalue weighted by atomic mass is 9.97. The summed E-state index contributed by atoms with van der Waals surface area (Å²) in [6, 6.07) is 76.4. The molecule has 12 rings (SSSR count). The van der Waals surface area contributed by atoms with Crippen molar-refractivity contribution in [3.05, 3.63) is 219 Å². The summed E-state index contributed by atoms with van der Waals surface area (Å²) in [7, 11) is 0. The Morgan fingerprint density at radius 2 is 0.733 bits per heavy atom. The third-order valence-electron chi connectivity index (χ3n) is 12.1. The van der Waals surface area contributed by atoms with Crippen molar-refractivity contribution in [2.45, 2.75) is 0 Å². The van der Waals surface area contributed by atoms with Gasteiger partial charge in [-0.05, 0) is 120 Å². The largest absolute Gasteiger partial charge is 0.456 e. The molecular formula is C57H36N2O. The quantitative estimate of drug-likeness (QED) is 0.158. The van der Waals surface area contributed by atoms with E-state index in [1.54, 1.807) is 0 Å². The zero-order valence-corrected chi connectivity index (χ0v) is 32.6. The van der Waals surface area contributed by atoms with Crippen molar-refractivity contribution in [1.29, 1.82) is 0 Å². The summed E-state index contributed by atoms with van der Waals surface area (Å²) >= 11 is 0. The summed E-state index contributed by atoms with van der Waals surface area (Å²) in [5, 5.41) is 12.2. The van der Waals surface area contributed by atoms with Crippen LogP contribution in [0, 0.1) is 0 Å². The number of para-hydroxylation sites is 1. The molecule has 0 aliphatic heterocycles. The molecule has 60 heavy (non-hydrogen) atoms. The van der Waals surface area contributed by atoms with Crippen LogP contribution in [0.15, 0.2) is 223 Å². The van der Waals surface area contributed by atoms with E-state index in [2.05, 4.69) is 193 Å². The molecule has 0 spiro atoms. The summed E-state index contributed by atoms with van der Waals surface area (Å²) in [6.07, 6.45) is 1.93. The van der Waals surface area contributed by atoms with Crippen molar-refractivity contribution < 1.29 is 4.42 Å². The molecule has 0 radical (unpaired) electrons. The molecule has 0 unspecified atom stereocenters. The molecule has 0 bridgehead atoms. The minimum Gasteiger partial charge on any atom is -0.456 e. The zero-order chi connectivity index (χ0) is 39.6. The molecule has 0 saturated carbocycles. The second-order valence-electron chi connectivity index (χ2n) is 15.6. The molecule has 3 heteroatoms. The number of hydrogen-bond donors (Lipinski definition) is 0. The van der Waals surface area contributed by atoms with Crippen LogP contribution in [0.5, 0.6) is 0 Å². The lowest BCUT2D eigenvalue weighted by Gasteiger charge is -2.26. The number of benzene rings is 10. The van der Waals surface area contributed by atoms with E-state index in [1.165, 1.54) is 65.3 Å². The predicted molar refractivity (Wildman–Crippen MR) is 253 cm³/mol. The summed E-state index contributed by atoms with van der Waals surface area (Å²) in [5.74, 6) is 0. The van der Waals surface area contributed by atoms with Gasteiger partial charge in [-0.15, -0.1) is 0 Å². The van der Waals surface area contributed by atoms with Gasteiger partial charge in [0.1, 0.15) is 11.2 Å². The van der Waals surface area contributed by atoms with Gasteiger partial charge in [-0.3, -0.25) is 4.98 Å². The Balaban J connectivity index is 0.908. The van der Waals surface area contributed by atoms with Gasteiger partial charge in [0.15, 0.2) is 0 Å². The van der Waals surface area contributed by atoms with E-state index in [-0.39, 0.29) is 0 Å². The molecule has 0 saturated heterocycles. The first-order valence-corrected chi connectivity index (χ1v) is 20.4. The number of fused-ring (bicyclic) bond motifs is 9. The number of aromatic nitrogens is 1. The number of anilines is 3. The van der Waals surface area contributed by atoms with Gasteiger partial charge in [-0.1, -0.05) is 152 Å². The van der Waals surface area contributed by atoms with Gasteiger partial charge in [0.2, 0.25) is 0 Å². The van der Waals surface area contributed by atoms with Crippen molar-refractivity contribution in [2.75, 3.05) is 4.90 Å². The van der Waals surface area contributed by atoms with Crippen LogP contribution < -0.4 is 4.90 Å². The molecule has 280 valence electrons. The Morgan fingerprint density at radius 1 is 0.300 bits per heavy atom. The van der Waals surface area contributed by atoms with Crippen LogP contribution >= 0.6 is 0 Å². The SMILES string of the molecule is c1ccc2c(c1)ccc1cc(-c3ccc(N(c4ccc(-c5ccc6c(ccc7ccccc76)c5)cc4)c4ccc(-c5cc6oc7ccccc7c6cn5)cc4)cc3)ccc12. The highest BCUT2D eigenvalue weighted by molar-refractivity contribution is 6.10. The van der Waals surface area contributed by atoms with Crippen molar-refractivity contribution in [2.24, 2.45) is 0 Å². The second-order valence-corrected chi connectivity index (χ2v) is 15.6. The fourth-order valence-electron chi connectivity index (χ4n) is 9.00. The average molecular weight is 765 g/mol. The summed E-state index contributed by atoms with van der Waals surface area (Å²) < 4.78 is 6.20. The van der Waals surface area contributed by atoms with E-state index < -0.39 is 0 Å². The first-order valence-electron chi connectivity index (χ1n) is 20.4. The van der Waals surface area contributed by atoms with Crippen LogP contribution in [-0.2, 0) is 0 Å². The highest BCUT2D eigenvalue weighted by Crippen LogP contribution is 2.39. The van der Waals surface area contributed by atoms with E-state index in [9.17, 15) is 0 Å². The Kier molecular flexibility index (Phi) is 7.85. The molecule has 0 fully saturated rings. The third kappa shape index (κ3) is 5.79. The van der Waals surface area contributed by atoms with Gasteiger partial charge in [0.25, 0.3) is 0 Å². The standard InChI is InChI=1S/C57H36N2O/c1-3-9-49-39(7-1)13-15-44-33-42(23-31-51(44)49)37-17-25-46(26-18-37)59(48-29-21-41(22-30-48)55-35-57-54(36-58-55)53-11-5-6-12-56(53)60-57)47-27-19-38(20-28-47)43-24-32-52-45(34-43)16-14-40-8-2-4-10-50(40)52/h1-36H. The maximum Gasteiger partial charge on any atom is 0.139 e. The molecule has 2 heterocycles. The van der Waals surface area contributed by atoms with Crippen molar-refractivity contribution in [3.63, 3.8) is 0 Å². The number of hydrogen-bond acceptors (Lipinski definition) is 3. The van der Waals surface area contributed by atoms with Gasteiger partial charge in [-0.2, -0.15) is 0 Å². The van der Waals surface area contributed by atoms with Gasteiger partial charge in [0.05, 0.1) is 5.69 Å². The van der Waals surface area contributed by atoms with E-state index in [1.807, 2.05) is 30.5 Å². The van der Waals surface area contributed by atoms with Gasteiger partial charge >= 0.3 is 0 Å². The Labute approximate surface area is 347 Å². The van der Waals surface area contributed by atoms with E-state index in [0.29, 0.717) is 0 Å². The Morgan fingerprint density at radius 3 is 1.28 bits per heavy atom. The lowest BCUT2D eigenvalue weighted by molar-refractivity contribution is 0.668. The molecule has 2 aromatic heterocycles. The smallest absolute Gasteiger partial charge is 0.139 e. The van der Waals surface area contributed by atoms with Gasteiger partial charge in [0, 0.05) is 45.7 Å².